The molecule has 2 aromatic rings. The highest BCUT2D eigenvalue weighted by Crippen LogP contribution is 2.47. The summed E-state index contributed by atoms with van der Waals surface area (Å²) in [4.78, 5) is 9.30. The molecule has 166 valence electrons. The molecule has 1 atom stereocenters. The zero-order chi connectivity index (χ0) is 23.5. The predicted octanol–water partition coefficient (Wildman–Crippen LogP) is 6.17. The van der Waals surface area contributed by atoms with Gasteiger partial charge >= 0.3 is 0 Å². The third-order valence-electron chi connectivity index (χ3n) is 5.83. The van der Waals surface area contributed by atoms with Crippen molar-refractivity contribution in [2.75, 3.05) is 24.2 Å². The van der Waals surface area contributed by atoms with Crippen LogP contribution in [0.1, 0.15) is 57.9 Å². The van der Waals surface area contributed by atoms with Crippen molar-refractivity contribution in [3.05, 3.63) is 71.7 Å². The molecular weight excluding hydrogens is 394 g/mol. The number of nitrogens with one attached hydrogen (secondary N) is 2. The van der Waals surface area contributed by atoms with Gasteiger partial charge in [-0.2, -0.15) is 5.26 Å². The van der Waals surface area contributed by atoms with E-state index in [9.17, 15) is 5.26 Å². The number of pyridine rings is 1. The summed E-state index contributed by atoms with van der Waals surface area (Å²) in [5.41, 5.74) is 6.76. The Morgan fingerprint density at radius 3 is 2.47 bits per heavy atom. The van der Waals surface area contributed by atoms with Gasteiger partial charge in [0.15, 0.2) is 0 Å². The monoisotopic (exact) mass is 427 g/mol. The van der Waals surface area contributed by atoms with Crippen LogP contribution in [0.5, 0.6) is 0 Å². The SMILES string of the molecule is C=CNc1c(NC)cc(C2=C(C)CN=C2C)cc1C(C#N)(CC(C)(C)C)c1ccccn1. The average Bonchev–Trinajstić information content (AvgIpc) is 3.10. The van der Waals surface area contributed by atoms with E-state index in [-0.39, 0.29) is 5.41 Å². The van der Waals surface area contributed by atoms with Crippen LogP contribution >= 0.6 is 0 Å². The number of allylic oxidation sites excluding steroid dienone is 1. The van der Waals surface area contributed by atoms with Crippen molar-refractivity contribution < 1.29 is 0 Å². The maximum atomic E-state index is 10.8. The molecule has 2 heterocycles. The zero-order valence-corrected chi connectivity index (χ0v) is 20.0. The van der Waals surface area contributed by atoms with E-state index in [4.69, 9.17) is 0 Å². The molecule has 0 aliphatic carbocycles. The first kappa shape index (κ1) is 23.3. The second-order valence-electron chi connectivity index (χ2n) is 9.57. The molecule has 1 aromatic carbocycles. The molecule has 5 heteroatoms. The standard InChI is InChI=1S/C27H33N5/c1-8-30-25-21(13-20(14-22(25)29-7)24-18(2)15-32-19(24)3)27(17-28,16-26(4,5)6)23-11-9-10-12-31-23/h8-14,29-30H,1,15-16H2,2-7H3. The smallest absolute Gasteiger partial charge is 0.127 e. The van der Waals surface area contributed by atoms with Gasteiger partial charge in [-0.05, 0) is 67.3 Å². The highest BCUT2D eigenvalue weighted by Gasteiger charge is 2.42. The van der Waals surface area contributed by atoms with E-state index < -0.39 is 5.41 Å². The summed E-state index contributed by atoms with van der Waals surface area (Å²) < 4.78 is 0. The fraction of sp³-hybridized carbons (Fsp3) is 0.370. The van der Waals surface area contributed by atoms with Gasteiger partial charge in [-0.3, -0.25) is 9.98 Å². The van der Waals surface area contributed by atoms with Crippen LogP contribution in [0.15, 0.2) is 59.9 Å². The first-order valence-electron chi connectivity index (χ1n) is 10.9. The van der Waals surface area contributed by atoms with Gasteiger partial charge in [0, 0.05) is 30.1 Å². The van der Waals surface area contributed by atoms with Crippen LogP contribution in [0.2, 0.25) is 0 Å². The van der Waals surface area contributed by atoms with Crippen LogP contribution < -0.4 is 10.6 Å². The number of aliphatic imine (C=N–C) groups is 1. The highest BCUT2D eigenvalue weighted by molar-refractivity contribution is 6.25. The minimum atomic E-state index is -0.954. The Labute approximate surface area is 192 Å². The van der Waals surface area contributed by atoms with E-state index in [1.165, 1.54) is 5.57 Å². The molecule has 0 bridgehead atoms. The first-order chi connectivity index (χ1) is 15.2. The number of nitrogens with zero attached hydrogens (tertiary/aromatic N) is 3. The fourth-order valence-electron chi connectivity index (χ4n) is 4.63. The average molecular weight is 428 g/mol. The lowest BCUT2D eigenvalue weighted by Crippen LogP contribution is -2.33. The van der Waals surface area contributed by atoms with Crippen LogP contribution in [-0.4, -0.2) is 24.3 Å². The summed E-state index contributed by atoms with van der Waals surface area (Å²) in [6.07, 6.45) is 4.02. The quantitative estimate of drug-likeness (QED) is 0.554. The Morgan fingerprint density at radius 1 is 1.22 bits per heavy atom. The molecule has 1 aliphatic rings. The molecule has 1 unspecified atom stereocenters. The van der Waals surface area contributed by atoms with Crippen LogP contribution in [0.25, 0.3) is 5.57 Å². The number of hydrogen-bond donors (Lipinski definition) is 2. The van der Waals surface area contributed by atoms with Crippen molar-refractivity contribution >= 4 is 22.7 Å². The zero-order valence-electron chi connectivity index (χ0n) is 20.0. The van der Waals surface area contributed by atoms with Gasteiger partial charge in [0.1, 0.15) is 5.41 Å². The van der Waals surface area contributed by atoms with Crippen LogP contribution in [0.4, 0.5) is 11.4 Å². The third kappa shape index (κ3) is 4.31. The van der Waals surface area contributed by atoms with Gasteiger partial charge in [-0.15, -0.1) is 0 Å². The number of hydrogen-bond acceptors (Lipinski definition) is 5. The minimum Gasteiger partial charge on any atom is -0.386 e. The second-order valence-corrected chi connectivity index (χ2v) is 9.57. The fourth-order valence-corrected chi connectivity index (χ4v) is 4.63. The Bertz CT molecular complexity index is 1110. The Kier molecular flexibility index (Phi) is 6.55. The van der Waals surface area contributed by atoms with Crippen molar-refractivity contribution in [1.29, 1.82) is 5.26 Å². The predicted molar refractivity (Wildman–Crippen MR) is 135 cm³/mol. The number of benzene rings is 1. The van der Waals surface area contributed by atoms with Crippen LogP contribution in [-0.2, 0) is 5.41 Å². The van der Waals surface area contributed by atoms with E-state index in [0.717, 1.165) is 39.5 Å². The lowest BCUT2D eigenvalue weighted by Gasteiger charge is -2.35. The molecule has 0 amide bonds. The third-order valence-corrected chi connectivity index (χ3v) is 5.83. The molecule has 0 saturated carbocycles. The Morgan fingerprint density at radius 2 is 1.97 bits per heavy atom. The van der Waals surface area contributed by atoms with Crippen molar-refractivity contribution in [2.24, 2.45) is 10.4 Å². The summed E-state index contributed by atoms with van der Waals surface area (Å²) in [6, 6.07) is 12.7. The lowest BCUT2D eigenvalue weighted by molar-refractivity contribution is 0.320. The van der Waals surface area contributed by atoms with Crippen molar-refractivity contribution in [1.82, 2.24) is 4.98 Å². The molecular formula is C27H33N5. The molecule has 3 rings (SSSR count). The molecule has 1 aromatic heterocycles. The van der Waals surface area contributed by atoms with E-state index in [1.807, 2.05) is 32.2 Å². The number of aromatic nitrogens is 1. The summed E-state index contributed by atoms with van der Waals surface area (Å²) in [5.74, 6) is 0. The normalized spacial score (nSPS) is 15.6. The topological polar surface area (TPSA) is 73.1 Å². The first-order valence-corrected chi connectivity index (χ1v) is 10.9. The van der Waals surface area contributed by atoms with E-state index in [2.05, 4.69) is 73.1 Å². The number of nitriles is 1. The molecule has 32 heavy (non-hydrogen) atoms. The van der Waals surface area contributed by atoms with Gasteiger partial charge in [0.2, 0.25) is 0 Å². The summed E-state index contributed by atoms with van der Waals surface area (Å²) in [7, 11) is 1.90. The summed E-state index contributed by atoms with van der Waals surface area (Å²) in [6.45, 7) is 15.2. The molecule has 2 N–H and O–H groups in total. The highest BCUT2D eigenvalue weighted by atomic mass is 14.9. The van der Waals surface area contributed by atoms with Gasteiger partial charge in [-0.25, -0.2) is 0 Å². The molecule has 0 fully saturated rings. The van der Waals surface area contributed by atoms with Gasteiger partial charge in [0.25, 0.3) is 0 Å². The molecule has 0 radical (unpaired) electrons. The number of anilines is 2. The molecule has 0 spiro atoms. The van der Waals surface area contributed by atoms with Crippen LogP contribution in [0.3, 0.4) is 0 Å². The van der Waals surface area contributed by atoms with Gasteiger partial charge in [0.05, 0.1) is 29.7 Å². The van der Waals surface area contributed by atoms with E-state index in [0.29, 0.717) is 13.0 Å². The number of rotatable bonds is 7. The van der Waals surface area contributed by atoms with Crippen LogP contribution in [0, 0.1) is 16.7 Å². The van der Waals surface area contributed by atoms with E-state index >= 15 is 0 Å². The summed E-state index contributed by atoms with van der Waals surface area (Å²) >= 11 is 0. The summed E-state index contributed by atoms with van der Waals surface area (Å²) in [5, 5.41) is 17.4. The second kappa shape index (κ2) is 9.00. The largest absolute Gasteiger partial charge is 0.386 e. The minimum absolute atomic E-state index is 0.117. The Balaban J connectivity index is 2.43. The molecule has 5 nitrogen and oxygen atoms in total. The van der Waals surface area contributed by atoms with Crippen molar-refractivity contribution in [3.8, 4) is 6.07 Å². The van der Waals surface area contributed by atoms with Gasteiger partial charge < -0.3 is 10.6 Å². The lowest BCUT2D eigenvalue weighted by atomic mass is 9.67. The van der Waals surface area contributed by atoms with Gasteiger partial charge in [-0.1, -0.05) is 33.4 Å². The van der Waals surface area contributed by atoms with Crippen molar-refractivity contribution in [3.63, 3.8) is 0 Å². The van der Waals surface area contributed by atoms with E-state index in [1.54, 1.807) is 12.4 Å². The molecule has 0 saturated heterocycles. The Hall–Kier alpha value is -3.39. The maximum Gasteiger partial charge on any atom is 0.127 e. The van der Waals surface area contributed by atoms with Crippen molar-refractivity contribution in [2.45, 2.75) is 46.5 Å². The maximum absolute atomic E-state index is 10.8. The molecule has 1 aliphatic heterocycles.